The van der Waals surface area contributed by atoms with E-state index in [-0.39, 0.29) is 5.41 Å². The Kier molecular flexibility index (Phi) is 5.24. The topological polar surface area (TPSA) is 35.5 Å². The molecule has 3 heteroatoms. The third-order valence-corrected chi connectivity index (χ3v) is 2.74. The van der Waals surface area contributed by atoms with E-state index in [1.54, 1.807) is 0 Å². The Balaban J connectivity index is 4.04. The predicted molar refractivity (Wildman–Crippen MR) is 66.1 cm³/mol. The summed E-state index contributed by atoms with van der Waals surface area (Å²) in [6.45, 7) is 11.9. The summed E-state index contributed by atoms with van der Waals surface area (Å²) in [4.78, 5) is 2.00. The molecule has 3 nitrogen and oxygen atoms in total. The molecule has 92 valence electrons. The van der Waals surface area contributed by atoms with Crippen molar-refractivity contribution in [3.8, 4) is 0 Å². The van der Waals surface area contributed by atoms with Crippen LogP contribution in [0.2, 0.25) is 0 Å². The maximum Gasteiger partial charge on any atom is 0.0869 e. The smallest absolute Gasteiger partial charge is 0.0869 e. The Morgan fingerprint density at radius 1 is 1.20 bits per heavy atom. The number of rotatable bonds is 5. The van der Waals surface area contributed by atoms with Crippen LogP contribution in [0.25, 0.3) is 0 Å². The van der Waals surface area contributed by atoms with Gasteiger partial charge in [0.25, 0.3) is 0 Å². The van der Waals surface area contributed by atoms with Crippen LogP contribution in [-0.4, -0.2) is 48.8 Å². The molecule has 0 aromatic carbocycles. The van der Waals surface area contributed by atoms with E-state index in [9.17, 15) is 5.11 Å². The van der Waals surface area contributed by atoms with Crippen LogP contribution in [0.4, 0.5) is 0 Å². The molecule has 0 saturated heterocycles. The van der Waals surface area contributed by atoms with Crippen LogP contribution in [0.3, 0.4) is 0 Å². The van der Waals surface area contributed by atoms with Gasteiger partial charge in [0.05, 0.1) is 5.60 Å². The maximum absolute atomic E-state index is 10.1. The zero-order valence-corrected chi connectivity index (χ0v) is 11.4. The van der Waals surface area contributed by atoms with Crippen molar-refractivity contribution in [1.82, 2.24) is 10.2 Å². The number of hydrogen-bond donors (Lipinski definition) is 2. The third kappa shape index (κ3) is 6.88. The number of hydrogen-bond acceptors (Lipinski definition) is 3. The number of nitrogens with one attached hydrogen (secondary N) is 1. The minimum atomic E-state index is -0.664. The van der Waals surface area contributed by atoms with Crippen molar-refractivity contribution < 1.29 is 5.11 Å². The van der Waals surface area contributed by atoms with E-state index in [1.165, 1.54) is 0 Å². The van der Waals surface area contributed by atoms with E-state index < -0.39 is 5.60 Å². The summed E-state index contributed by atoms with van der Waals surface area (Å²) in [5.74, 6) is 0. The highest BCUT2D eigenvalue weighted by Crippen LogP contribution is 2.18. The zero-order chi connectivity index (χ0) is 12.3. The molecule has 0 fully saturated rings. The van der Waals surface area contributed by atoms with E-state index in [2.05, 4.69) is 33.0 Å². The Morgan fingerprint density at radius 2 is 1.67 bits per heavy atom. The lowest BCUT2D eigenvalue weighted by Crippen LogP contribution is -2.50. The van der Waals surface area contributed by atoms with Gasteiger partial charge in [0.1, 0.15) is 0 Å². The Bertz CT molecular complexity index is 183. The quantitative estimate of drug-likeness (QED) is 0.727. The highest BCUT2D eigenvalue weighted by molar-refractivity contribution is 4.83. The standard InChI is InChI=1S/C12H28N2O/c1-10(11(2,3)4)13-8-12(5,15)9-14(6)7/h10,13,15H,8-9H2,1-7H3. The average Bonchev–Trinajstić information content (AvgIpc) is 1.95. The second kappa shape index (κ2) is 5.28. The molecule has 0 aliphatic carbocycles. The fourth-order valence-electron chi connectivity index (χ4n) is 1.42. The molecule has 0 heterocycles. The monoisotopic (exact) mass is 216 g/mol. The van der Waals surface area contributed by atoms with Crippen LogP contribution in [0.15, 0.2) is 0 Å². The van der Waals surface area contributed by atoms with Crippen LogP contribution in [-0.2, 0) is 0 Å². The van der Waals surface area contributed by atoms with E-state index in [0.717, 1.165) is 0 Å². The molecule has 0 bridgehead atoms. The van der Waals surface area contributed by atoms with Crippen LogP contribution in [0, 0.1) is 5.41 Å². The Hall–Kier alpha value is -0.120. The van der Waals surface area contributed by atoms with Crippen LogP contribution in [0.1, 0.15) is 34.6 Å². The molecule has 0 spiro atoms. The molecule has 0 saturated carbocycles. The van der Waals surface area contributed by atoms with Crippen molar-refractivity contribution in [3.05, 3.63) is 0 Å². The third-order valence-electron chi connectivity index (χ3n) is 2.74. The highest BCUT2D eigenvalue weighted by atomic mass is 16.3. The van der Waals surface area contributed by atoms with Crippen molar-refractivity contribution in [1.29, 1.82) is 0 Å². The Labute approximate surface area is 94.9 Å². The molecule has 2 N–H and O–H groups in total. The van der Waals surface area contributed by atoms with Gasteiger partial charge in [-0.3, -0.25) is 0 Å². The first-order chi connectivity index (χ1) is 6.54. The second-order valence-electron chi connectivity index (χ2n) is 6.20. The van der Waals surface area contributed by atoms with Crippen molar-refractivity contribution >= 4 is 0 Å². The van der Waals surface area contributed by atoms with Gasteiger partial charge in [-0.15, -0.1) is 0 Å². The van der Waals surface area contributed by atoms with E-state index in [0.29, 0.717) is 19.1 Å². The molecule has 0 aliphatic rings. The van der Waals surface area contributed by atoms with E-state index in [1.807, 2.05) is 25.9 Å². The fraction of sp³-hybridized carbons (Fsp3) is 1.00. The maximum atomic E-state index is 10.1. The van der Waals surface area contributed by atoms with Crippen molar-refractivity contribution in [3.63, 3.8) is 0 Å². The van der Waals surface area contributed by atoms with Crippen LogP contribution < -0.4 is 5.32 Å². The largest absolute Gasteiger partial charge is 0.388 e. The number of nitrogens with zero attached hydrogens (tertiary/aromatic N) is 1. The number of aliphatic hydroxyl groups is 1. The fourth-order valence-corrected chi connectivity index (χ4v) is 1.42. The summed E-state index contributed by atoms with van der Waals surface area (Å²) >= 11 is 0. The zero-order valence-electron chi connectivity index (χ0n) is 11.4. The minimum absolute atomic E-state index is 0.230. The summed E-state index contributed by atoms with van der Waals surface area (Å²) in [6.07, 6.45) is 0. The predicted octanol–water partition coefficient (Wildman–Crippen LogP) is 1.32. The van der Waals surface area contributed by atoms with Gasteiger partial charge in [-0.25, -0.2) is 0 Å². The molecular formula is C12H28N2O. The van der Waals surface area contributed by atoms with Crippen LogP contribution in [0.5, 0.6) is 0 Å². The van der Waals surface area contributed by atoms with Gasteiger partial charge in [0.15, 0.2) is 0 Å². The lowest BCUT2D eigenvalue weighted by Gasteiger charge is -2.33. The van der Waals surface area contributed by atoms with Gasteiger partial charge in [-0.05, 0) is 33.4 Å². The lowest BCUT2D eigenvalue weighted by molar-refractivity contribution is 0.0282. The summed E-state index contributed by atoms with van der Waals surface area (Å²) < 4.78 is 0. The molecule has 2 atom stereocenters. The normalized spacial score (nSPS) is 19.0. The molecular weight excluding hydrogens is 188 g/mol. The van der Waals surface area contributed by atoms with E-state index >= 15 is 0 Å². The molecule has 0 aromatic heterocycles. The first-order valence-corrected chi connectivity index (χ1v) is 5.65. The molecule has 0 aromatic rings. The van der Waals surface area contributed by atoms with Gasteiger partial charge in [-0.1, -0.05) is 20.8 Å². The first kappa shape index (κ1) is 14.9. The van der Waals surface area contributed by atoms with Gasteiger partial charge in [0.2, 0.25) is 0 Å². The highest BCUT2D eigenvalue weighted by Gasteiger charge is 2.25. The van der Waals surface area contributed by atoms with Gasteiger partial charge in [-0.2, -0.15) is 0 Å². The minimum Gasteiger partial charge on any atom is -0.388 e. The molecule has 0 amide bonds. The van der Waals surface area contributed by atoms with Crippen molar-refractivity contribution in [2.75, 3.05) is 27.2 Å². The van der Waals surface area contributed by atoms with E-state index in [4.69, 9.17) is 0 Å². The molecule has 0 radical (unpaired) electrons. The number of likely N-dealkylation sites (N-methyl/N-ethyl adjacent to an activating group) is 1. The molecule has 0 aliphatic heterocycles. The summed E-state index contributed by atoms with van der Waals surface area (Å²) in [5.41, 5.74) is -0.433. The van der Waals surface area contributed by atoms with Gasteiger partial charge < -0.3 is 15.3 Å². The van der Waals surface area contributed by atoms with Crippen LogP contribution >= 0.6 is 0 Å². The molecule has 2 unspecified atom stereocenters. The summed E-state index contributed by atoms with van der Waals surface area (Å²) in [6, 6.07) is 0.395. The summed E-state index contributed by atoms with van der Waals surface area (Å²) in [7, 11) is 3.95. The van der Waals surface area contributed by atoms with Gasteiger partial charge in [0, 0.05) is 19.1 Å². The molecule has 15 heavy (non-hydrogen) atoms. The van der Waals surface area contributed by atoms with Crippen molar-refractivity contribution in [2.24, 2.45) is 5.41 Å². The average molecular weight is 216 g/mol. The lowest BCUT2D eigenvalue weighted by atomic mass is 9.87. The van der Waals surface area contributed by atoms with Crippen molar-refractivity contribution in [2.45, 2.75) is 46.3 Å². The second-order valence-corrected chi connectivity index (χ2v) is 6.20. The molecule has 0 rings (SSSR count). The first-order valence-electron chi connectivity index (χ1n) is 5.65. The van der Waals surface area contributed by atoms with Gasteiger partial charge >= 0.3 is 0 Å². The SMILES string of the molecule is CC(NCC(C)(O)CN(C)C)C(C)(C)C. The Morgan fingerprint density at radius 3 is 2.00 bits per heavy atom. The summed E-state index contributed by atoms with van der Waals surface area (Å²) in [5, 5.41) is 13.5.